The molecule has 2 N–H and O–H groups in total. The normalized spacial score (nSPS) is 21.4. The van der Waals surface area contributed by atoms with Gasteiger partial charge >= 0.3 is 0 Å². The molecule has 1 aliphatic rings. The van der Waals surface area contributed by atoms with Crippen molar-refractivity contribution >= 4 is 11.6 Å². The Hall–Kier alpha value is -1.75. The summed E-state index contributed by atoms with van der Waals surface area (Å²) in [5.74, 6) is 0.552. The number of methoxy groups -OCH3 is 1. The number of hydrogen-bond acceptors (Lipinski definition) is 4. The van der Waals surface area contributed by atoms with Crippen LogP contribution in [0.15, 0.2) is 24.3 Å². The Morgan fingerprint density at radius 3 is 2.89 bits per heavy atom. The maximum atomic E-state index is 11.1. The van der Waals surface area contributed by atoms with Crippen molar-refractivity contribution in [2.75, 3.05) is 26.1 Å². The van der Waals surface area contributed by atoms with Gasteiger partial charge in [-0.25, -0.2) is 0 Å². The van der Waals surface area contributed by atoms with Crippen LogP contribution in [0.2, 0.25) is 0 Å². The summed E-state index contributed by atoms with van der Waals surface area (Å²) in [5.41, 5.74) is 1.01. The maximum Gasteiger partial charge on any atom is 0.257 e. The minimum Gasteiger partial charge on any atom is -0.484 e. The molecule has 5 nitrogen and oxygen atoms in total. The van der Waals surface area contributed by atoms with Gasteiger partial charge < -0.3 is 20.1 Å². The Morgan fingerprint density at radius 1 is 1.42 bits per heavy atom. The lowest BCUT2D eigenvalue weighted by Crippen LogP contribution is -2.40. The molecule has 5 heteroatoms. The number of benzene rings is 1. The van der Waals surface area contributed by atoms with E-state index in [1.165, 1.54) is 0 Å². The van der Waals surface area contributed by atoms with Crippen LogP contribution in [0.1, 0.15) is 12.8 Å². The number of nitrogens with one attached hydrogen (secondary N) is 2. The van der Waals surface area contributed by atoms with Crippen molar-refractivity contribution in [3.63, 3.8) is 0 Å². The fraction of sp³-hybridized carbons (Fsp3) is 0.500. The highest BCUT2D eigenvalue weighted by atomic mass is 16.5. The van der Waals surface area contributed by atoms with Crippen molar-refractivity contribution in [2.24, 2.45) is 0 Å². The first-order valence-corrected chi connectivity index (χ1v) is 6.44. The molecule has 0 bridgehead atoms. The molecule has 0 saturated heterocycles. The summed E-state index contributed by atoms with van der Waals surface area (Å²) in [6, 6.07) is 8.11. The molecule has 19 heavy (non-hydrogen) atoms. The van der Waals surface area contributed by atoms with E-state index >= 15 is 0 Å². The predicted octanol–water partition coefficient (Wildman–Crippen LogP) is 1.40. The molecule has 1 aromatic rings. The van der Waals surface area contributed by atoms with Crippen LogP contribution in [0.4, 0.5) is 5.69 Å². The molecule has 1 saturated carbocycles. The van der Waals surface area contributed by atoms with Gasteiger partial charge in [-0.05, 0) is 25.0 Å². The zero-order chi connectivity index (χ0) is 13.7. The Morgan fingerprint density at radius 2 is 2.21 bits per heavy atom. The van der Waals surface area contributed by atoms with Gasteiger partial charge in [-0.3, -0.25) is 4.79 Å². The van der Waals surface area contributed by atoms with Gasteiger partial charge in [0.1, 0.15) is 5.75 Å². The Kier molecular flexibility index (Phi) is 4.63. The molecule has 0 heterocycles. The molecule has 2 rings (SSSR count). The molecule has 0 aliphatic heterocycles. The van der Waals surface area contributed by atoms with E-state index in [0.717, 1.165) is 18.5 Å². The zero-order valence-electron chi connectivity index (χ0n) is 11.3. The number of ether oxygens (including phenoxy) is 2. The van der Waals surface area contributed by atoms with E-state index in [1.807, 2.05) is 24.3 Å². The van der Waals surface area contributed by atoms with Crippen LogP contribution in [-0.4, -0.2) is 38.8 Å². The van der Waals surface area contributed by atoms with Crippen molar-refractivity contribution < 1.29 is 14.3 Å². The number of carbonyl (C=O) groups is 1. The summed E-state index contributed by atoms with van der Waals surface area (Å²) in [7, 11) is 3.33. The number of carbonyl (C=O) groups excluding carboxylic acids is 1. The first-order valence-electron chi connectivity index (χ1n) is 6.44. The number of amides is 1. The molecule has 0 radical (unpaired) electrons. The molecule has 104 valence electrons. The highest BCUT2D eigenvalue weighted by Crippen LogP contribution is 2.27. The second kappa shape index (κ2) is 6.43. The van der Waals surface area contributed by atoms with Crippen LogP contribution in [0.3, 0.4) is 0 Å². The lowest BCUT2D eigenvalue weighted by atomic mass is 9.89. The Bertz CT molecular complexity index is 430. The zero-order valence-corrected chi connectivity index (χ0v) is 11.3. The second-order valence-corrected chi connectivity index (χ2v) is 4.66. The molecular weight excluding hydrogens is 244 g/mol. The quantitative estimate of drug-likeness (QED) is 0.815. The lowest BCUT2D eigenvalue weighted by Gasteiger charge is -2.35. The fourth-order valence-electron chi connectivity index (χ4n) is 2.01. The van der Waals surface area contributed by atoms with Crippen LogP contribution < -0.4 is 15.4 Å². The van der Waals surface area contributed by atoms with Gasteiger partial charge in [0.25, 0.3) is 5.91 Å². The third kappa shape index (κ3) is 3.86. The topological polar surface area (TPSA) is 59.6 Å². The van der Waals surface area contributed by atoms with Crippen LogP contribution in [0.25, 0.3) is 0 Å². The number of anilines is 1. The van der Waals surface area contributed by atoms with Crippen molar-refractivity contribution in [2.45, 2.75) is 25.0 Å². The minimum atomic E-state index is -0.139. The Balaban J connectivity index is 1.83. The van der Waals surface area contributed by atoms with Crippen LogP contribution in [0.5, 0.6) is 5.75 Å². The maximum absolute atomic E-state index is 11.1. The number of rotatable bonds is 6. The average molecular weight is 264 g/mol. The van der Waals surface area contributed by atoms with E-state index in [2.05, 4.69) is 10.6 Å². The van der Waals surface area contributed by atoms with E-state index in [9.17, 15) is 4.79 Å². The van der Waals surface area contributed by atoms with Crippen LogP contribution in [0, 0.1) is 0 Å². The van der Waals surface area contributed by atoms with Gasteiger partial charge in [0.2, 0.25) is 0 Å². The van der Waals surface area contributed by atoms with Crippen molar-refractivity contribution in [1.82, 2.24) is 5.32 Å². The minimum absolute atomic E-state index is 0.0368. The molecule has 0 unspecified atom stereocenters. The second-order valence-electron chi connectivity index (χ2n) is 4.66. The van der Waals surface area contributed by atoms with E-state index in [4.69, 9.17) is 9.47 Å². The molecule has 0 spiro atoms. The van der Waals surface area contributed by atoms with Crippen LogP contribution in [-0.2, 0) is 9.53 Å². The van der Waals surface area contributed by atoms with E-state index in [-0.39, 0.29) is 12.5 Å². The third-order valence-electron chi connectivity index (χ3n) is 3.28. The fourth-order valence-corrected chi connectivity index (χ4v) is 2.01. The van der Waals surface area contributed by atoms with Gasteiger partial charge in [-0.15, -0.1) is 0 Å². The molecule has 1 aromatic carbocycles. The first-order chi connectivity index (χ1) is 9.21. The predicted molar refractivity (Wildman–Crippen MR) is 73.4 cm³/mol. The van der Waals surface area contributed by atoms with Gasteiger partial charge in [0.05, 0.1) is 6.10 Å². The summed E-state index contributed by atoms with van der Waals surface area (Å²) in [6.45, 7) is 0.0368. The van der Waals surface area contributed by atoms with Gasteiger partial charge in [-0.1, -0.05) is 6.07 Å². The SMILES string of the molecule is CNC(=O)COc1cccc(NC2CC(OC)C2)c1. The van der Waals surface area contributed by atoms with Gasteiger partial charge in [0.15, 0.2) is 6.61 Å². The highest BCUT2D eigenvalue weighted by molar-refractivity contribution is 5.77. The molecule has 0 atom stereocenters. The number of likely N-dealkylation sites (N-methyl/N-ethyl adjacent to an activating group) is 1. The summed E-state index contributed by atoms with van der Waals surface area (Å²) in [6.07, 6.45) is 2.44. The average Bonchev–Trinajstić information content (AvgIpc) is 2.40. The summed E-state index contributed by atoms with van der Waals surface area (Å²) in [4.78, 5) is 11.1. The largest absolute Gasteiger partial charge is 0.484 e. The lowest BCUT2D eigenvalue weighted by molar-refractivity contribution is -0.122. The van der Waals surface area contributed by atoms with Gasteiger partial charge in [-0.2, -0.15) is 0 Å². The van der Waals surface area contributed by atoms with Crippen LogP contribution >= 0.6 is 0 Å². The summed E-state index contributed by atoms with van der Waals surface area (Å²) >= 11 is 0. The monoisotopic (exact) mass is 264 g/mol. The standard InChI is InChI=1S/C14H20N2O3/c1-15-14(17)9-19-12-5-3-4-10(6-12)16-11-7-13(8-11)18-2/h3-6,11,13,16H,7-9H2,1-2H3,(H,15,17). The summed E-state index contributed by atoms with van der Waals surface area (Å²) in [5, 5.41) is 5.94. The third-order valence-corrected chi connectivity index (χ3v) is 3.28. The van der Waals surface area contributed by atoms with Crippen molar-refractivity contribution in [1.29, 1.82) is 0 Å². The molecule has 0 aromatic heterocycles. The highest BCUT2D eigenvalue weighted by Gasteiger charge is 2.28. The number of hydrogen-bond donors (Lipinski definition) is 2. The van der Waals surface area contributed by atoms with E-state index in [1.54, 1.807) is 14.2 Å². The molecule has 1 aliphatic carbocycles. The summed E-state index contributed by atoms with van der Waals surface area (Å²) < 4.78 is 10.6. The first kappa shape index (κ1) is 13.7. The molecule has 1 fully saturated rings. The molecular formula is C14H20N2O3. The van der Waals surface area contributed by atoms with E-state index < -0.39 is 0 Å². The van der Waals surface area contributed by atoms with Gasteiger partial charge in [0, 0.05) is 32.0 Å². The smallest absolute Gasteiger partial charge is 0.257 e. The molecule has 1 amide bonds. The van der Waals surface area contributed by atoms with Crippen molar-refractivity contribution in [3.05, 3.63) is 24.3 Å². The Labute approximate surface area is 113 Å². The van der Waals surface area contributed by atoms with Crippen molar-refractivity contribution in [3.8, 4) is 5.75 Å². The van der Waals surface area contributed by atoms with E-state index in [0.29, 0.717) is 17.9 Å².